The van der Waals surface area contributed by atoms with Crippen LogP contribution in [0.25, 0.3) is 0 Å². The molecule has 7 heteroatoms. The summed E-state index contributed by atoms with van der Waals surface area (Å²) in [7, 11) is 1.55. The summed E-state index contributed by atoms with van der Waals surface area (Å²) in [5, 5.41) is 3.39. The number of fused-ring (bicyclic) bond motifs is 1. The Bertz CT molecular complexity index is 799. The van der Waals surface area contributed by atoms with Crippen molar-refractivity contribution in [2.45, 2.75) is 13.0 Å². The largest absolute Gasteiger partial charge is 0.495 e. The zero-order chi connectivity index (χ0) is 19.2. The molecule has 144 valence electrons. The molecule has 1 aliphatic heterocycles. The Morgan fingerprint density at radius 3 is 2.81 bits per heavy atom. The van der Waals surface area contributed by atoms with Gasteiger partial charge in [0.15, 0.2) is 11.5 Å². The molecule has 1 N–H and O–H groups in total. The van der Waals surface area contributed by atoms with Gasteiger partial charge < -0.3 is 19.5 Å². The summed E-state index contributed by atoms with van der Waals surface area (Å²) in [6, 6.07) is 12.7. The first kappa shape index (κ1) is 19.3. The average Bonchev–Trinajstić information content (AvgIpc) is 2.67. The minimum atomic E-state index is -0.144. The molecule has 0 fully saturated rings. The molecule has 0 spiro atoms. The van der Waals surface area contributed by atoms with E-state index >= 15 is 0 Å². The van der Waals surface area contributed by atoms with E-state index in [1.54, 1.807) is 25.3 Å². The Morgan fingerprint density at radius 1 is 1.30 bits per heavy atom. The van der Waals surface area contributed by atoms with Crippen LogP contribution in [0.2, 0.25) is 5.02 Å². The molecule has 1 amide bonds. The molecule has 2 aromatic carbocycles. The minimum absolute atomic E-state index is 0.131. The van der Waals surface area contributed by atoms with Crippen molar-refractivity contribution in [2.75, 3.05) is 38.7 Å². The van der Waals surface area contributed by atoms with Crippen LogP contribution in [0, 0.1) is 0 Å². The number of halogens is 1. The van der Waals surface area contributed by atoms with Gasteiger partial charge in [-0.05, 0) is 36.9 Å². The smallest absolute Gasteiger partial charge is 0.238 e. The molecule has 1 heterocycles. The molecule has 0 aromatic heterocycles. The number of nitrogens with one attached hydrogen (secondary N) is 1. The zero-order valence-electron chi connectivity index (χ0n) is 15.4. The maximum atomic E-state index is 12.5. The van der Waals surface area contributed by atoms with E-state index in [1.807, 2.05) is 36.1 Å². The topological polar surface area (TPSA) is 60.0 Å². The van der Waals surface area contributed by atoms with Gasteiger partial charge in [-0.3, -0.25) is 9.69 Å². The van der Waals surface area contributed by atoms with Gasteiger partial charge in [-0.2, -0.15) is 0 Å². The third-order valence-electron chi connectivity index (χ3n) is 4.28. The van der Waals surface area contributed by atoms with Gasteiger partial charge in [0, 0.05) is 11.6 Å². The number of likely N-dealkylation sites (N-methyl/N-ethyl adjacent to an activating group) is 1. The van der Waals surface area contributed by atoms with Crippen molar-refractivity contribution in [3.8, 4) is 17.2 Å². The Morgan fingerprint density at radius 2 is 2.07 bits per heavy atom. The van der Waals surface area contributed by atoms with Gasteiger partial charge in [0.2, 0.25) is 5.91 Å². The molecule has 0 aliphatic carbocycles. The first-order valence-corrected chi connectivity index (χ1v) is 9.21. The number of nitrogens with zero attached hydrogens (tertiary/aromatic N) is 1. The number of benzene rings is 2. The van der Waals surface area contributed by atoms with Crippen molar-refractivity contribution in [2.24, 2.45) is 0 Å². The molecule has 1 atom stereocenters. The fourth-order valence-electron chi connectivity index (χ4n) is 2.92. The molecular formula is C20H23ClN2O4. The van der Waals surface area contributed by atoms with Crippen molar-refractivity contribution in [1.82, 2.24) is 4.90 Å². The van der Waals surface area contributed by atoms with Crippen LogP contribution in [-0.4, -0.2) is 50.3 Å². The van der Waals surface area contributed by atoms with Crippen LogP contribution in [0.3, 0.4) is 0 Å². The SMILES string of the molecule is CCN(CC(=O)Nc1cc(Cl)ccc1OC)CC1COc2ccccc2O1. The average molecular weight is 391 g/mol. The maximum absolute atomic E-state index is 12.5. The maximum Gasteiger partial charge on any atom is 0.238 e. The summed E-state index contributed by atoms with van der Waals surface area (Å²) >= 11 is 6.01. The molecule has 0 saturated heterocycles. The summed E-state index contributed by atoms with van der Waals surface area (Å²) in [5.74, 6) is 1.91. The van der Waals surface area contributed by atoms with Crippen molar-refractivity contribution in [3.63, 3.8) is 0 Å². The van der Waals surface area contributed by atoms with E-state index < -0.39 is 0 Å². The van der Waals surface area contributed by atoms with Crippen LogP contribution < -0.4 is 19.5 Å². The van der Waals surface area contributed by atoms with E-state index in [9.17, 15) is 4.79 Å². The summed E-state index contributed by atoms with van der Waals surface area (Å²) in [4.78, 5) is 14.5. The van der Waals surface area contributed by atoms with E-state index in [4.69, 9.17) is 25.8 Å². The van der Waals surface area contributed by atoms with E-state index in [1.165, 1.54) is 0 Å². The summed E-state index contributed by atoms with van der Waals surface area (Å²) < 4.78 is 17.0. The van der Waals surface area contributed by atoms with Crippen molar-refractivity contribution < 1.29 is 19.0 Å². The second kappa shape index (κ2) is 8.97. The Labute approximate surface area is 164 Å². The quantitative estimate of drug-likeness (QED) is 0.784. The lowest BCUT2D eigenvalue weighted by atomic mass is 10.2. The standard InChI is InChI=1S/C20H23ClN2O4/c1-3-23(11-15-13-26-18-6-4-5-7-19(18)27-15)12-20(24)22-16-10-14(21)8-9-17(16)25-2/h4-10,15H,3,11-13H2,1-2H3,(H,22,24). The van der Waals surface area contributed by atoms with Crippen LogP contribution in [-0.2, 0) is 4.79 Å². The fraction of sp³-hybridized carbons (Fsp3) is 0.350. The zero-order valence-corrected chi connectivity index (χ0v) is 16.2. The second-order valence-corrected chi connectivity index (χ2v) is 6.65. The van der Waals surface area contributed by atoms with Gasteiger partial charge in [-0.15, -0.1) is 0 Å². The summed E-state index contributed by atoms with van der Waals surface area (Å²) in [6.07, 6.45) is -0.131. The lowest BCUT2D eigenvalue weighted by molar-refractivity contribution is -0.117. The highest BCUT2D eigenvalue weighted by molar-refractivity contribution is 6.31. The van der Waals surface area contributed by atoms with Crippen LogP contribution in [0.4, 0.5) is 5.69 Å². The van der Waals surface area contributed by atoms with Crippen LogP contribution in [0.15, 0.2) is 42.5 Å². The molecule has 1 aliphatic rings. The summed E-state index contributed by atoms with van der Waals surface area (Å²) in [5.41, 5.74) is 0.553. The highest BCUT2D eigenvalue weighted by atomic mass is 35.5. The number of methoxy groups -OCH3 is 1. The van der Waals surface area contributed by atoms with Gasteiger partial charge in [-0.25, -0.2) is 0 Å². The number of hydrogen-bond donors (Lipinski definition) is 1. The van der Waals surface area contributed by atoms with Gasteiger partial charge in [-0.1, -0.05) is 30.7 Å². The number of hydrogen-bond acceptors (Lipinski definition) is 5. The monoisotopic (exact) mass is 390 g/mol. The number of ether oxygens (including phenoxy) is 3. The van der Waals surface area contributed by atoms with E-state index in [0.717, 1.165) is 11.5 Å². The molecular weight excluding hydrogens is 368 g/mol. The third kappa shape index (κ3) is 5.05. The number of rotatable bonds is 7. The number of amides is 1. The second-order valence-electron chi connectivity index (χ2n) is 6.22. The Kier molecular flexibility index (Phi) is 6.42. The van der Waals surface area contributed by atoms with Crippen molar-refractivity contribution >= 4 is 23.2 Å². The lowest BCUT2D eigenvalue weighted by Gasteiger charge is -2.30. The summed E-state index contributed by atoms with van der Waals surface area (Å²) in [6.45, 7) is 3.99. The lowest BCUT2D eigenvalue weighted by Crippen LogP contribution is -2.43. The fourth-order valence-corrected chi connectivity index (χ4v) is 3.09. The third-order valence-corrected chi connectivity index (χ3v) is 4.51. The number of carbonyl (C=O) groups is 1. The van der Waals surface area contributed by atoms with Gasteiger partial charge >= 0.3 is 0 Å². The van der Waals surface area contributed by atoms with E-state index in [2.05, 4.69) is 5.32 Å². The molecule has 2 aromatic rings. The number of anilines is 1. The predicted molar refractivity (Wildman–Crippen MR) is 105 cm³/mol. The van der Waals surface area contributed by atoms with E-state index in [0.29, 0.717) is 36.2 Å². The van der Waals surface area contributed by atoms with Crippen LogP contribution in [0.1, 0.15) is 6.92 Å². The molecule has 6 nitrogen and oxygen atoms in total. The Balaban J connectivity index is 1.57. The molecule has 0 saturated carbocycles. The van der Waals surface area contributed by atoms with E-state index in [-0.39, 0.29) is 18.6 Å². The van der Waals surface area contributed by atoms with Crippen molar-refractivity contribution in [3.05, 3.63) is 47.5 Å². The molecule has 0 bridgehead atoms. The highest BCUT2D eigenvalue weighted by Crippen LogP contribution is 2.31. The van der Waals surface area contributed by atoms with Gasteiger partial charge in [0.25, 0.3) is 0 Å². The first-order chi connectivity index (χ1) is 13.1. The van der Waals surface area contributed by atoms with Crippen LogP contribution in [0.5, 0.6) is 17.2 Å². The molecule has 3 rings (SSSR count). The van der Waals surface area contributed by atoms with Gasteiger partial charge in [0.1, 0.15) is 18.5 Å². The highest BCUT2D eigenvalue weighted by Gasteiger charge is 2.23. The van der Waals surface area contributed by atoms with Crippen LogP contribution >= 0.6 is 11.6 Å². The number of carbonyl (C=O) groups excluding carboxylic acids is 1. The minimum Gasteiger partial charge on any atom is -0.495 e. The first-order valence-electron chi connectivity index (χ1n) is 8.83. The van der Waals surface area contributed by atoms with Crippen molar-refractivity contribution in [1.29, 1.82) is 0 Å². The Hall–Kier alpha value is -2.44. The normalized spacial score (nSPS) is 15.5. The predicted octanol–water partition coefficient (Wildman–Crippen LogP) is 3.45. The van der Waals surface area contributed by atoms with Gasteiger partial charge in [0.05, 0.1) is 19.3 Å². The number of para-hydroxylation sites is 2. The molecule has 1 unspecified atom stereocenters. The molecule has 0 radical (unpaired) electrons. The molecule has 27 heavy (non-hydrogen) atoms.